The largest absolute Gasteiger partial charge is 0.416 e. The van der Waals surface area contributed by atoms with Crippen LogP contribution >= 0.6 is 23.1 Å². The van der Waals surface area contributed by atoms with Crippen LogP contribution in [0.4, 0.5) is 30.2 Å². The van der Waals surface area contributed by atoms with Gasteiger partial charge in [-0.2, -0.15) is 13.2 Å². The molecule has 4 aromatic rings. The van der Waals surface area contributed by atoms with Gasteiger partial charge in [-0.3, -0.25) is 33.9 Å². The van der Waals surface area contributed by atoms with Crippen LogP contribution in [0.25, 0.3) is 0 Å². The summed E-state index contributed by atoms with van der Waals surface area (Å²) < 4.78 is 40.8. The summed E-state index contributed by atoms with van der Waals surface area (Å²) in [5.41, 5.74) is 0.409. The molecule has 0 aliphatic carbocycles. The highest BCUT2D eigenvalue weighted by atomic mass is 32.2. The molecule has 0 radical (unpaired) electrons. The van der Waals surface area contributed by atoms with Crippen LogP contribution in [-0.2, 0) is 32.5 Å². The number of benzene rings is 3. The van der Waals surface area contributed by atoms with Crippen molar-refractivity contribution in [1.29, 1.82) is 0 Å². The zero-order valence-electron chi connectivity index (χ0n) is 25.6. The first-order valence-corrected chi connectivity index (χ1v) is 16.3. The first-order valence-electron chi connectivity index (χ1n) is 14.6. The van der Waals surface area contributed by atoms with E-state index in [2.05, 4.69) is 5.32 Å². The van der Waals surface area contributed by atoms with Crippen LogP contribution in [0.1, 0.15) is 48.3 Å². The molecule has 15 heteroatoms. The molecule has 1 fully saturated rings. The zero-order chi connectivity index (χ0) is 34.7. The molecule has 0 saturated carbocycles. The maximum Gasteiger partial charge on any atom is 0.416 e. The molecule has 2 aliphatic heterocycles. The molecule has 2 aliphatic rings. The van der Waals surface area contributed by atoms with Gasteiger partial charge in [-0.1, -0.05) is 74.2 Å². The maximum absolute atomic E-state index is 14.1. The molecule has 1 N–H and O–H groups in total. The number of halogens is 3. The quantitative estimate of drug-likeness (QED) is 0.137. The van der Waals surface area contributed by atoms with E-state index in [4.69, 9.17) is 0 Å². The van der Waals surface area contributed by atoms with Crippen LogP contribution in [0.3, 0.4) is 0 Å². The molecule has 0 spiro atoms. The van der Waals surface area contributed by atoms with Crippen molar-refractivity contribution < 1.29 is 32.5 Å². The van der Waals surface area contributed by atoms with Crippen LogP contribution in [0.5, 0.6) is 0 Å². The minimum atomic E-state index is -4.62. The Morgan fingerprint density at radius 3 is 2.21 bits per heavy atom. The van der Waals surface area contributed by atoms with E-state index in [9.17, 15) is 42.5 Å². The Hall–Kier alpha value is -4.76. The van der Waals surface area contributed by atoms with E-state index in [1.807, 2.05) is 45.0 Å². The molecule has 48 heavy (non-hydrogen) atoms. The van der Waals surface area contributed by atoms with Gasteiger partial charge in [-0.05, 0) is 46.9 Å². The number of rotatable bonds is 6. The standard InChI is InChI=1S/C33H27F3N4O6S2/c1-32(2,3)18-9-7-17(8-10-18)24-25-26(29(43)39(28(25)42)21-11-13-22(14-12-21)40(45)46)47-30-27(24)48-31(44)38(30)16-23(41)37-20-6-4-5-19(15-20)33(34,35)36/h4-15,24-26H,16H2,1-3H3,(H,37,41). The average Bonchev–Trinajstić information content (AvgIpc) is 3.46. The Morgan fingerprint density at radius 1 is 0.938 bits per heavy atom. The number of imide groups is 1. The lowest BCUT2D eigenvalue weighted by Gasteiger charge is -2.31. The van der Waals surface area contributed by atoms with E-state index in [0.29, 0.717) is 15.5 Å². The van der Waals surface area contributed by atoms with E-state index in [0.717, 1.165) is 51.8 Å². The van der Waals surface area contributed by atoms with E-state index in [1.54, 1.807) is 0 Å². The topological polar surface area (TPSA) is 132 Å². The van der Waals surface area contributed by atoms with Gasteiger partial charge in [0.25, 0.3) is 5.69 Å². The second-order valence-electron chi connectivity index (χ2n) is 12.4. The molecule has 1 aromatic heterocycles. The number of amides is 3. The second kappa shape index (κ2) is 12.0. The number of hydrogen-bond donors (Lipinski definition) is 1. The molecule has 3 amide bonds. The van der Waals surface area contributed by atoms with Crippen molar-refractivity contribution >= 4 is 57.9 Å². The summed E-state index contributed by atoms with van der Waals surface area (Å²) in [5, 5.41) is 12.9. The number of non-ortho nitro benzene ring substituents is 1. The number of nitro benzene ring substituents is 1. The Morgan fingerprint density at radius 2 is 1.60 bits per heavy atom. The zero-order valence-corrected chi connectivity index (χ0v) is 27.2. The fourth-order valence-corrected chi connectivity index (χ4v) is 8.67. The summed E-state index contributed by atoms with van der Waals surface area (Å²) in [4.78, 5) is 66.1. The van der Waals surface area contributed by atoms with Crippen molar-refractivity contribution in [3.8, 4) is 0 Å². The Bertz CT molecular complexity index is 2020. The third-order valence-corrected chi connectivity index (χ3v) is 10.9. The predicted octanol–water partition coefficient (Wildman–Crippen LogP) is 6.57. The smallest absolute Gasteiger partial charge is 0.325 e. The number of alkyl halides is 3. The average molecular weight is 697 g/mol. The number of nitro groups is 1. The number of anilines is 2. The van der Waals surface area contributed by atoms with Gasteiger partial charge in [-0.15, -0.1) is 0 Å². The molecule has 6 rings (SSSR count). The fraction of sp³-hybridized carbons (Fsp3) is 0.273. The van der Waals surface area contributed by atoms with Crippen LogP contribution in [0.2, 0.25) is 0 Å². The highest BCUT2D eigenvalue weighted by Gasteiger charge is 2.57. The molecule has 0 bridgehead atoms. The van der Waals surface area contributed by atoms with Gasteiger partial charge >= 0.3 is 11.0 Å². The number of carbonyl (C=O) groups excluding carboxylic acids is 3. The van der Waals surface area contributed by atoms with Crippen molar-refractivity contribution in [3.05, 3.63) is 114 Å². The summed E-state index contributed by atoms with van der Waals surface area (Å²) in [6, 6.07) is 16.7. The molecule has 1 saturated heterocycles. The molecule has 10 nitrogen and oxygen atoms in total. The molecular formula is C33H27F3N4O6S2. The van der Waals surface area contributed by atoms with Gasteiger partial charge in [0.05, 0.1) is 27.1 Å². The predicted molar refractivity (Wildman–Crippen MR) is 174 cm³/mol. The molecule has 3 heterocycles. The SMILES string of the molecule is CC(C)(C)c1ccc(C2c3sc(=O)n(CC(=O)Nc4cccc(C(F)(F)F)c4)c3SC3C(=O)N(c4ccc([N+](=O)[O-])cc4)C(=O)C32)cc1. The number of carbonyl (C=O) groups is 3. The van der Waals surface area contributed by atoms with Crippen molar-refractivity contribution in [2.24, 2.45) is 5.92 Å². The number of thiazole rings is 1. The highest BCUT2D eigenvalue weighted by molar-refractivity contribution is 8.00. The number of nitrogens with zero attached hydrogens (tertiary/aromatic N) is 3. The number of thioether (sulfide) groups is 1. The van der Waals surface area contributed by atoms with Crippen LogP contribution < -0.4 is 15.1 Å². The van der Waals surface area contributed by atoms with Crippen LogP contribution in [0, 0.1) is 16.0 Å². The van der Waals surface area contributed by atoms with E-state index in [1.165, 1.54) is 34.9 Å². The Kier molecular flexibility index (Phi) is 8.32. The monoisotopic (exact) mass is 696 g/mol. The van der Waals surface area contributed by atoms with Gasteiger partial charge in [0, 0.05) is 28.6 Å². The molecule has 248 valence electrons. The first kappa shape index (κ1) is 33.2. The van der Waals surface area contributed by atoms with Crippen molar-refractivity contribution in [2.45, 2.75) is 55.1 Å². The van der Waals surface area contributed by atoms with Crippen molar-refractivity contribution in [3.63, 3.8) is 0 Å². The third-order valence-electron chi connectivity index (χ3n) is 8.28. The number of aromatic nitrogens is 1. The van der Waals surface area contributed by atoms with E-state index < -0.39 is 62.9 Å². The van der Waals surface area contributed by atoms with Gasteiger partial charge in [0.15, 0.2) is 0 Å². The maximum atomic E-state index is 14.1. The van der Waals surface area contributed by atoms with Crippen molar-refractivity contribution in [2.75, 3.05) is 10.2 Å². The Balaban J connectivity index is 1.39. The van der Waals surface area contributed by atoms with E-state index in [-0.39, 0.29) is 22.5 Å². The van der Waals surface area contributed by atoms with Gasteiger partial charge in [0.2, 0.25) is 17.7 Å². The number of fused-ring (bicyclic) bond motifs is 2. The minimum Gasteiger partial charge on any atom is -0.325 e. The molecular weight excluding hydrogens is 670 g/mol. The second-order valence-corrected chi connectivity index (χ2v) is 14.6. The normalized spacial score (nSPS) is 19.2. The first-order chi connectivity index (χ1) is 22.5. The van der Waals surface area contributed by atoms with Crippen LogP contribution in [-0.4, -0.2) is 32.5 Å². The Labute approximate surface area is 279 Å². The number of nitrogens with one attached hydrogen (secondary N) is 1. The fourth-order valence-electron chi connectivity index (χ4n) is 5.90. The van der Waals surface area contributed by atoms with Crippen LogP contribution in [0.15, 0.2) is 82.6 Å². The summed E-state index contributed by atoms with van der Waals surface area (Å²) in [7, 11) is 0. The molecule has 3 unspecified atom stereocenters. The third kappa shape index (κ3) is 6.03. The lowest BCUT2D eigenvalue weighted by atomic mass is 9.81. The van der Waals surface area contributed by atoms with Gasteiger partial charge < -0.3 is 5.32 Å². The van der Waals surface area contributed by atoms with Gasteiger partial charge in [-0.25, -0.2) is 4.90 Å². The number of hydrogen-bond acceptors (Lipinski definition) is 8. The summed E-state index contributed by atoms with van der Waals surface area (Å²) in [6.07, 6.45) is -4.62. The summed E-state index contributed by atoms with van der Waals surface area (Å²) in [6.45, 7) is 5.59. The molecule has 3 aromatic carbocycles. The molecule has 3 atom stereocenters. The lowest BCUT2D eigenvalue weighted by molar-refractivity contribution is -0.384. The highest BCUT2D eigenvalue weighted by Crippen LogP contribution is 2.54. The van der Waals surface area contributed by atoms with Gasteiger partial charge in [0.1, 0.15) is 11.8 Å². The minimum absolute atomic E-state index is 0.105. The van der Waals surface area contributed by atoms with Crippen molar-refractivity contribution in [1.82, 2.24) is 4.57 Å². The summed E-state index contributed by atoms with van der Waals surface area (Å²) in [5.74, 6) is -3.55. The van der Waals surface area contributed by atoms with E-state index >= 15 is 0 Å². The summed E-state index contributed by atoms with van der Waals surface area (Å²) >= 11 is 1.82. The lowest BCUT2D eigenvalue weighted by Crippen LogP contribution is -2.33.